The SMILES string of the molecule is Cc1cc(C)cc(OCC(O)CN(C)Cc2nccn2C(F)F)c1. The van der Waals surface area contributed by atoms with Gasteiger partial charge in [0.1, 0.15) is 24.3 Å². The van der Waals surface area contributed by atoms with Gasteiger partial charge in [-0.3, -0.25) is 9.47 Å². The van der Waals surface area contributed by atoms with Crippen LogP contribution >= 0.6 is 0 Å². The molecule has 1 atom stereocenters. The van der Waals surface area contributed by atoms with E-state index in [9.17, 15) is 13.9 Å². The molecule has 132 valence electrons. The molecule has 2 rings (SSSR count). The highest BCUT2D eigenvalue weighted by atomic mass is 19.3. The first-order chi connectivity index (χ1) is 11.3. The number of aliphatic hydroxyl groups excluding tert-OH is 1. The van der Waals surface area contributed by atoms with Gasteiger partial charge in [0.15, 0.2) is 0 Å². The van der Waals surface area contributed by atoms with E-state index in [4.69, 9.17) is 4.74 Å². The van der Waals surface area contributed by atoms with Gasteiger partial charge in [-0.1, -0.05) is 6.07 Å². The van der Waals surface area contributed by atoms with Crippen LogP contribution in [-0.2, 0) is 6.54 Å². The Bertz CT molecular complexity index is 641. The zero-order chi connectivity index (χ0) is 17.7. The Balaban J connectivity index is 1.83. The lowest BCUT2D eigenvalue weighted by atomic mass is 10.1. The number of halogens is 2. The highest BCUT2D eigenvalue weighted by molar-refractivity contribution is 5.32. The fraction of sp³-hybridized carbons (Fsp3) is 0.471. The second-order valence-electron chi connectivity index (χ2n) is 6.01. The summed E-state index contributed by atoms with van der Waals surface area (Å²) < 4.78 is 32.0. The fourth-order valence-corrected chi connectivity index (χ4v) is 2.57. The van der Waals surface area contributed by atoms with Crippen molar-refractivity contribution < 1.29 is 18.6 Å². The summed E-state index contributed by atoms with van der Waals surface area (Å²) in [5.41, 5.74) is 2.19. The molecule has 0 aliphatic heterocycles. The Morgan fingerprint density at radius 2 is 1.92 bits per heavy atom. The minimum atomic E-state index is -2.62. The van der Waals surface area contributed by atoms with Crippen molar-refractivity contribution in [3.8, 4) is 5.75 Å². The van der Waals surface area contributed by atoms with Crippen LogP contribution in [0.15, 0.2) is 30.6 Å². The maximum atomic E-state index is 12.8. The molecule has 0 aliphatic rings. The summed E-state index contributed by atoms with van der Waals surface area (Å²) in [7, 11) is 1.74. The van der Waals surface area contributed by atoms with Crippen LogP contribution in [0.4, 0.5) is 8.78 Å². The highest BCUT2D eigenvalue weighted by Gasteiger charge is 2.15. The fourth-order valence-electron chi connectivity index (χ4n) is 2.57. The summed E-state index contributed by atoms with van der Waals surface area (Å²) in [5, 5.41) is 10.1. The Hall–Kier alpha value is -1.99. The van der Waals surface area contributed by atoms with Crippen molar-refractivity contribution >= 4 is 0 Å². The van der Waals surface area contributed by atoms with E-state index in [1.807, 2.05) is 32.0 Å². The van der Waals surface area contributed by atoms with E-state index in [0.717, 1.165) is 15.7 Å². The highest BCUT2D eigenvalue weighted by Crippen LogP contribution is 2.17. The summed E-state index contributed by atoms with van der Waals surface area (Å²) in [6.07, 6.45) is 1.85. The largest absolute Gasteiger partial charge is 0.491 e. The van der Waals surface area contributed by atoms with E-state index < -0.39 is 12.7 Å². The molecule has 0 saturated heterocycles. The average Bonchev–Trinajstić information content (AvgIpc) is 2.92. The van der Waals surface area contributed by atoms with Crippen LogP contribution in [-0.4, -0.2) is 45.9 Å². The van der Waals surface area contributed by atoms with Crippen LogP contribution in [0, 0.1) is 13.8 Å². The average molecular weight is 339 g/mol. The number of hydrogen-bond acceptors (Lipinski definition) is 4. The van der Waals surface area contributed by atoms with Crippen LogP contribution in [0.2, 0.25) is 0 Å². The van der Waals surface area contributed by atoms with Gasteiger partial charge >= 0.3 is 6.55 Å². The predicted molar refractivity (Wildman–Crippen MR) is 87.2 cm³/mol. The third kappa shape index (κ3) is 5.28. The molecule has 5 nitrogen and oxygen atoms in total. The first-order valence-corrected chi connectivity index (χ1v) is 7.72. The lowest BCUT2D eigenvalue weighted by molar-refractivity contribution is 0.0572. The Kier molecular flexibility index (Phi) is 6.28. The zero-order valence-electron chi connectivity index (χ0n) is 14.1. The summed E-state index contributed by atoms with van der Waals surface area (Å²) in [4.78, 5) is 5.66. The monoisotopic (exact) mass is 339 g/mol. The van der Waals surface area contributed by atoms with E-state index in [1.165, 1.54) is 12.4 Å². The van der Waals surface area contributed by atoms with Crippen molar-refractivity contribution in [2.24, 2.45) is 0 Å². The predicted octanol–water partition coefficient (Wildman–Crippen LogP) is 2.77. The van der Waals surface area contributed by atoms with Gasteiger partial charge in [0, 0.05) is 18.9 Å². The molecule has 1 heterocycles. The van der Waals surface area contributed by atoms with E-state index in [1.54, 1.807) is 11.9 Å². The van der Waals surface area contributed by atoms with E-state index >= 15 is 0 Å². The van der Waals surface area contributed by atoms with Crippen molar-refractivity contribution in [1.29, 1.82) is 0 Å². The van der Waals surface area contributed by atoms with E-state index in [0.29, 0.717) is 12.3 Å². The third-order valence-corrected chi connectivity index (χ3v) is 3.53. The number of hydrogen-bond donors (Lipinski definition) is 1. The summed E-state index contributed by atoms with van der Waals surface area (Å²) in [5.74, 6) is 0.970. The lowest BCUT2D eigenvalue weighted by Crippen LogP contribution is -2.33. The summed E-state index contributed by atoms with van der Waals surface area (Å²) in [6.45, 7) is 1.99. The molecule has 1 unspecified atom stereocenters. The number of aryl methyl sites for hydroxylation is 2. The molecular formula is C17H23F2N3O2. The van der Waals surface area contributed by atoms with Gasteiger partial charge in [-0.25, -0.2) is 4.98 Å². The zero-order valence-corrected chi connectivity index (χ0v) is 14.1. The standard InChI is InChI=1S/C17H23F2N3O2/c1-12-6-13(2)8-15(7-12)24-11-14(23)9-21(3)10-16-20-4-5-22(16)17(18)19/h4-8,14,17,23H,9-11H2,1-3H3. The topological polar surface area (TPSA) is 50.5 Å². The van der Waals surface area contributed by atoms with Crippen LogP contribution in [0.1, 0.15) is 23.5 Å². The molecule has 1 aromatic heterocycles. The normalized spacial score (nSPS) is 12.8. The molecule has 7 heteroatoms. The smallest absolute Gasteiger partial charge is 0.319 e. The number of ether oxygens (including phenoxy) is 1. The number of benzene rings is 1. The van der Waals surface area contributed by atoms with Gasteiger partial charge in [-0.15, -0.1) is 0 Å². The molecule has 1 N–H and O–H groups in total. The number of nitrogens with zero attached hydrogens (tertiary/aromatic N) is 3. The van der Waals surface area contributed by atoms with Crippen LogP contribution in [0.5, 0.6) is 5.75 Å². The molecule has 0 aliphatic carbocycles. The molecule has 0 amide bonds. The Morgan fingerprint density at radius 1 is 1.25 bits per heavy atom. The van der Waals surface area contributed by atoms with Gasteiger partial charge in [0.25, 0.3) is 0 Å². The van der Waals surface area contributed by atoms with Crippen molar-refractivity contribution in [2.45, 2.75) is 33.0 Å². The Labute approximate surface area is 140 Å². The maximum Gasteiger partial charge on any atom is 0.319 e. The maximum absolute atomic E-state index is 12.8. The first-order valence-electron chi connectivity index (χ1n) is 7.72. The van der Waals surface area contributed by atoms with E-state index in [2.05, 4.69) is 4.98 Å². The number of rotatable bonds is 8. The number of aromatic nitrogens is 2. The summed E-state index contributed by atoms with van der Waals surface area (Å²) >= 11 is 0. The first kappa shape index (κ1) is 18.4. The van der Waals surface area contributed by atoms with Crippen LogP contribution in [0.3, 0.4) is 0 Å². The molecule has 1 aromatic carbocycles. The molecule has 0 radical (unpaired) electrons. The molecular weight excluding hydrogens is 316 g/mol. The molecule has 0 saturated carbocycles. The van der Waals surface area contributed by atoms with Gasteiger partial charge in [-0.05, 0) is 44.2 Å². The minimum Gasteiger partial charge on any atom is -0.491 e. The van der Waals surface area contributed by atoms with Gasteiger partial charge in [0.2, 0.25) is 0 Å². The van der Waals surface area contributed by atoms with Gasteiger partial charge in [0.05, 0.1) is 6.54 Å². The van der Waals surface area contributed by atoms with Crippen LogP contribution in [0.25, 0.3) is 0 Å². The second kappa shape index (κ2) is 8.21. The number of likely N-dealkylation sites (N-methyl/N-ethyl adjacent to an activating group) is 1. The minimum absolute atomic E-state index is 0.135. The molecule has 0 fully saturated rings. The second-order valence-corrected chi connectivity index (χ2v) is 6.01. The van der Waals surface area contributed by atoms with Crippen LogP contribution < -0.4 is 4.74 Å². The number of aliphatic hydroxyl groups is 1. The van der Waals surface area contributed by atoms with E-state index in [-0.39, 0.29) is 19.0 Å². The summed E-state index contributed by atoms with van der Waals surface area (Å²) in [6, 6.07) is 5.86. The number of alkyl halides is 2. The van der Waals surface area contributed by atoms with Gasteiger partial charge in [-0.2, -0.15) is 8.78 Å². The van der Waals surface area contributed by atoms with Crippen molar-refractivity contribution in [2.75, 3.05) is 20.2 Å². The Morgan fingerprint density at radius 3 is 2.54 bits per heavy atom. The van der Waals surface area contributed by atoms with Gasteiger partial charge < -0.3 is 9.84 Å². The molecule has 0 spiro atoms. The quantitative estimate of drug-likeness (QED) is 0.803. The molecule has 2 aromatic rings. The molecule has 24 heavy (non-hydrogen) atoms. The number of imidazole rings is 1. The van der Waals surface area contributed by atoms with Crippen molar-refractivity contribution in [3.63, 3.8) is 0 Å². The third-order valence-electron chi connectivity index (χ3n) is 3.53. The van der Waals surface area contributed by atoms with Crippen molar-refractivity contribution in [3.05, 3.63) is 47.5 Å². The molecule has 0 bridgehead atoms. The van der Waals surface area contributed by atoms with Crippen molar-refractivity contribution in [1.82, 2.24) is 14.5 Å². The lowest BCUT2D eigenvalue weighted by Gasteiger charge is -2.21.